The van der Waals surface area contributed by atoms with Crippen molar-refractivity contribution in [2.24, 2.45) is 0 Å². The maximum Gasteiger partial charge on any atom is 0.254 e. The van der Waals surface area contributed by atoms with Gasteiger partial charge in [-0.2, -0.15) is 0 Å². The monoisotopic (exact) mass is 337 g/mol. The lowest BCUT2D eigenvalue weighted by Crippen LogP contribution is -2.29. The van der Waals surface area contributed by atoms with Crippen molar-refractivity contribution in [2.75, 3.05) is 13.6 Å². The van der Waals surface area contributed by atoms with Crippen molar-refractivity contribution in [2.45, 2.75) is 13.3 Å². The predicted octanol–water partition coefficient (Wildman–Crippen LogP) is 4.13. The van der Waals surface area contributed by atoms with Crippen molar-refractivity contribution in [3.8, 4) is 0 Å². The highest BCUT2D eigenvalue weighted by atomic mass is 79.9. The van der Waals surface area contributed by atoms with Gasteiger partial charge in [0.15, 0.2) is 0 Å². The minimum absolute atomic E-state index is 0.0622. The van der Waals surface area contributed by atoms with E-state index in [2.05, 4.69) is 27.4 Å². The van der Waals surface area contributed by atoms with E-state index in [1.807, 2.05) is 38.2 Å². The number of aryl methyl sites for hydroxylation is 1. The van der Waals surface area contributed by atoms with Crippen LogP contribution in [0.4, 0.5) is 0 Å². The molecule has 0 aliphatic carbocycles. The van der Waals surface area contributed by atoms with E-state index in [0.717, 1.165) is 28.6 Å². The first-order valence-corrected chi connectivity index (χ1v) is 7.80. The first-order valence-electron chi connectivity index (χ1n) is 6.12. The molecule has 1 heterocycles. The Kier molecular flexibility index (Phi) is 4.77. The number of nitrogens with zero attached hydrogens (tertiary/aromatic N) is 1. The second-order valence-electron chi connectivity index (χ2n) is 4.49. The molecule has 0 unspecified atom stereocenters. The molecular weight excluding hydrogens is 322 g/mol. The summed E-state index contributed by atoms with van der Waals surface area (Å²) in [5.74, 6) is 0.0622. The van der Waals surface area contributed by atoms with Crippen molar-refractivity contribution in [1.29, 1.82) is 0 Å². The number of halogens is 1. The Morgan fingerprint density at radius 2 is 2.11 bits per heavy atom. The van der Waals surface area contributed by atoms with Gasteiger partial charge in [-0.3, -0.25) is 4.79 Å². The van der Waals surface area contributed by atoms with Gasteiger partial charge < -0.3 is 4.90 Å². The summed E-state index contributed by atoms with van der Waals surface area (Å²) in [4.78, 5) is 15.5. The Morgan fingerprint density at radius 3 is 2.79 bits per heavy atom. The van der Waals surface area contributed by atoms with E-state index in [-0.39, 0.29) is 5.91 Å². The Hall–Kier alpha value is -1.13. The van der Waals surface area contributed by atoms with Crippen LogP contribution in [0.3, 0.4) is 0 Å². The van der Waals surface area contributed by atoms with Crippen LogP contribution in [0.1, 0.15) is 20.8 Å². The summed E-state index contributed by atoms with van der Waals surface area (Å²) in [5, 5.41) is 2.06. The molecular formula is C15H16BrNOS. The number of rotatable bonds is 4. The van der Waals surface area contributed by atoms with Crippen LogP contribution in [0.15, 0.2) is 40.2 Å². The van der Waals surface area contributed by atoms with Crippen LogP contribution < -0.4 is 0 Å². The van der Waals surface area contributed by atoms with Crippen LogP contribution >= 0.6 is 27.3 Å². The molecule has 100 valence electrons. The number of carbonyl (C=O) groups excluding carboxylic acids is 1. The fourth-order valence-corrected chi connectivity index (χ4v) is 2.98. The van der Waals surface area contributed by atoms with Crippen LogP contribution in [0, 0.1) is 6.92 Å². The largest absolute Gasteiger partial charge is 0.341 e. The third kappa shape index (κ3) is 3.45. The number of likely N-dealkylation sites (N-methyl/N-ethyl adjacent to an activating group) is 1. The molecule has 1 amide bonds. The topological polar surface area (TPSA) is 20.3 Å². The van der Waals surface area contributed by atoms with Gasteiger partial charge in [-0.1, -0.05) is 18.2 Å². The lowest BCUT2D eigenvalue weighted by Gasteiger charge is -2.18. The van der Waals surface area contributed by atoms with Crippen LogP contribution in [0.2, 0.25) is 0 Å². The van der Waals surface area contributed by atoms with E-state index in [9.17, 15) is 4.79 Å². The second kappa shape index (κ2) is 6.35. The fraction of sp³-hybridized carbons (Fsp3) is 0.267. The zero-order chi connectivity index (χ0) is 13.8. The highest BCUT2D eigenvalue weighted by Crippen LogP contribution is 2.22. The quantitative estimate of drug-likeness (QED) is 0.821. The van der Waals surface area contributed by atoms with Gasteiger partial charge in [0.1, 0.15) is 0 Å². The third-order valence-corrected chi connectivity index (χ3v) is 5.03. The van der Waals surface area contributed by atoms with Crippen molar-refractivity contribution in [3.05, 3.63) is 56.2 Å². The van der Waals surface area contributed by atoms with E-state index in [0.29, 0.717) is 0 Å². The molecule has 1 aromatic heterocycles. The van der Waals surface area contributed by atoms with Gasteiger partial charge in [-0.15, -0.1) is 11.3 Å². The molecule has 2 aromatic rings. The highest BCUT2D eigenvalue weighted by Gasteiger charge is 2.15. The Labute approximate surface area is 126 Å². The summed E-state index contributed by atoms with van der Waals surface area (Å²) in [5.41, 5.74) is 1.81. The number of hydrogen-bond acceptors (Lipinski definition) is 2. The molecule has 0 radical (unpaired) electrons. The SMILES string of the molecule is Cc1cccc(C(=O)N(C)CCc2cccs2)c1Br. The van der Waals surface area contributed by atoms with Gasteiger partial charge in [0, 0.05) is 22.9 Å². The standard InChI is InChI=1S/C15H16BrNOS/c1-11-5-3-7-13(14(11)16)15(18)17(2)9-8-12-6-4-10-19-12/h3-7,10H,8-9H2,1-2H3. The molecule has 0 saturated carbocycles. The molecule has 19 heavy (non-hydrogen) atoms. The van der Waals surface area contributed by atoms with Gasteiger partial charge in [0.25, 0.3) is 5.91 Å². The first-order chi connectivity index (χ1) is 9.09. The normalized spacial score (nSPS) is 10.5. The van der Waals surface area contributed by atoms with Crippen LogP contribution in [0.5, 0.6) is 0 Å². The maximum atomic E-state index is 12.4. The Morgan fingerprint density at radius 1 is 1.32 bits per heavy atom. The van der Waals surface area contributed by atoms with E-state index < -0.39 is 0 Å². The molecule has 0 bridgehead atoms. The molecule has 1 aromatic carbocycles. The van der Waals surface area contributed by atoms with Crippen LogP contribution in [0.25, 0.3) is 0 Å². The first kappa shape index (κ1) is 14.3. The van der Waals surface area contributed by atoms with Gasteiger partial charge in [0.2, 0.25) is 0 Å². The summed E-state index contributed by atoms with van der Waals surface area (Å²) in [6.45, 7) is 2.73. The smallest absolute Gasteiger partial charge is 0.254 e. The van der Waals surface area contributed by atoms with Crippen LogP contribution in [-0.2, 0) is 6.42 Å². The maximum absolute atomic E-state index is 12.4. The third-order valence-electron chi connectivity index (χ3n) is 3.04. The van der Waals surface area contributed by atoms with Crippen molar-refractivity contribution in [1.82, 2.24) is 4.90 Å². The minimum Gasteiger partial charge on any atom is -0.341 e. The van der Waals surface area contributed by atoms with E-state index in [1.54, 1.807) is 16.2 Å². The number of amides is 1. The van der Waals surface area contributed by atoms with E-state index in [1.165, 1.54) is 4.88 Å². The van der Waals surface area contributed by atoms with Gasteiger partial charge in [-0.05, 0) is 52.4 Å². The van der Waals surface area contributed by atoms with Gasteiger partial charge >= 0.3 is 0 Å². The van der Waals surface area contributed by atoms with Crippen molar-refractivity contribution >= 4 is 33.2 Å². The average molecular weight is 338 g/mol. The predicted molar refractivity (Wildman–Crippen MR) is 83.9 cm³/mol. The molecule has 0 aliphatic rings. The minimum atomic E-state index is 0.0622. The van der Waals surface area contributed by atoms with E-state index >= 15 is 0 Å². The molecule has 2 nitrogen and oxygen atoms in total. The summed E-state index contributed by atoms with van der Waals surface area (Å²) >= 11 is 5.22. The molecule has 0 saturated heterocycles. The number of hydrogen-bond donors (Lipinski definition) is 0. The molecule has 0 aliphatic heterocycles. The van der Waals surface area contributed by atoms with Crippen molar-refractivity contribution < 1.29 is 4.79 Å². The lowest BCUT2D eigenvalue weighted by atomic mass is 10.1. The molecule has 0 spiro atoms. The zero-order valence-corrected chi connectivity index (χ0v) is 13.4. The average Bonchev–Trinajstić information content (AvgIpc) is 2.91. The Bertz CT molecular complexity index is 566. The summed E-state index contributed by atoms with van der Waals surface area (Å²) in [6.07, 6.45) is 0.906. The molecule has 0 N–H and O–H groups in total. The molecule has 0 fully saturated rings. The number of benzene rings is 1. The molecule has 4 heteroatoms. The lowest BCUT2D eigenvalue weighted by molar-refractivity contribution is 0.0796. The van der Waals surface area contributed by atoms with Gasteiger partial charge in [0.05, 0.1) is 5.56 Å². The Balaban J connectivity index is 2.04. The zero-order valence-electron chi connectivity index (χ0n) is 11.0. The summed E-state index contributed by atoms with van der Waals surface area (Å²) < 4.78 is 0.892. The molecule has 0 atom stereocenters. The van der Waals surface area contributed by atoms with Crippen molar-refractivity contribution in [3.63, 3.8) is 0 Å². The summed E-state index contributed by atoms with van der Waals surface area (Å²) in [7, 11) is 1.85. The highest BCUT2D eigenvalue weighted by molar-refractivity contribution is 9.10. The van der Waals surface area contributed by atoms with E-state index in [4.69, 9.17) is 0 Å². The molecule has 2 rings (SSSR count). The van der Waals surface area contributed by atoms with Crippen LogP contribution in [-0.4, -0.2) is 24.4 Å². The number of thiophene rings is 1. The summed E-state index contributed by atoms with van der Waals surface area (Å²) in [6, 6.07) is 9.92. The second-order valence-corrected chi connectivity index (χ2v) is 6.32. The number of carbonyl (C=O) groups is 1. The van der Waals surface area contributed by atoms with Gasteiger partial charge in [-0.25, -0.2) is 0 Å². The fourth-order valence-electron chi connectivity index (χ4n) is 1.85.